The number of aryl methyl sites for hydroxylation is 1. The Labute approximate surface area is 111 Å². The van der Waals surface area contributed by atoms with E-state index in [0.717, 1.165) is 11.3 Å². The van der Waals surface area contributed by atoms with Crippen LogP contribution in [0.3, 0.4) is 0 Å². The molecule has 1 unspecified atom stereocenters. The van der Waals surface area contributed by atoms with Crippen molar-refractivity contribution in [2.24, 2.45) is 0 Å². The summed E-state index contributed by atoms with van der Waals surface area (Å²) in [5.74, 6) is 0.585. The summed E-state index contributed by atoms with van der Waals surface area (Å²) in [5.41, 5.74) is 1.57. The van der Waals surface area contributed by atoms with Crippen LogP contribution in [0.2, 0.25) is 5.22 Å². The largest absolute Gasteiger partial charge is 0.448 e. The van der Waals surface area contributed by atoms with Gasteiger partial charge < -0.3 is 9.73 Å². The molecule has 0 aliphatic carbocycles. The minimum atomic E-state index is -0.179. The van der Waals surface area contributed by atoms with Crippen LogP contribution in [-0.4, -0.2) is 0 Å². The van der Waals surface area contributed by atoms with Gasteiger partial charge in [0.05, 0.1) is 6.54 Å². The van der Waals surface area contributed by atoms with E-state index in [4.69, 9.17) is 16.0 Å². The molecule has 4 heteroatoms. The molecule has 0 saturated carbocycles. The number of halogens is 2. The molecular formula is C14H15ClFNO. The van der Waals surface area contributed by atoms with Gasteiger partial charge in [-0.25, -0.2) is 4.39 Å². The van der Waals surface area contributed by atoms with E-state index in [9.17, 15) is 4.39 Å². The van der Waals surface area contributed by atoms with Gasteiger partial charge in [-0.15, -0.1) is 0 Å². The van der Waals surface area contributed by atoms with Crippen molar-refractivity contribution in [3.05, 3.63) is 58.3 Å². The maximum absolute atomic E-state index is 13.4. The van der Waals surface area contributed by atoms with Gasteiger partial charge in [0.1, 0.15) is 11.6 Å². The Balaban J connectivity index is 1.99. The van der Waals surface area contributed by atoms with E-state index >= 15 is 0 Å². The number of nitrogens with one attached hydrogen (secondary N) is 1. The van der Waals surface area contributed by atoms with Crippen LogP contribution in [-0.2, 0) is 6.54 Å². The maximum Gasteiger partial charge on any atom is 0.193 e. The average Bonchev–Trinajstić information content (AvgIpc) is 2.75. The predicted molar refractivity (Wildman–Crippen MR) is 70.1 cm³/mol. The van der Waals surface area contributed by atoms with Gasteiger partial charge in [-0.2, -0.15) is 0 Å². The lowest BCUT2D eigenvalue weighted by atomic mass is 10.1. The zero-order valence-electron chi connectivity index (χ0n) is 10.3. The number of benzene rings is 1. The van der Waals surface area contributed by atoms with Crippen molar-refractivity contribution in [2.45, 2.75) is 26.4 Å². The summed E-state index contributed by atoms with van der Waals surface area (Å²) >= 11 is 5.69. The minimum Gasteiger partial charge on any atom is -0.448 e. The van der Waals surface area contributed by atoms with Crippen LogP contribution in [0, 0.1) is 12.7 Å². The first-order valence-corrected chi connectivity index (χ1v) is 6.17. The standard InChI is InChI=1S/C14H15ClFNO/c1-9-3-4-11(7-13(9)16)10(2)17-8-12-5-6-14(15)18-12/h3-7,10,17H,8H2,1-2H3. The van der Waals surface area contributed by atoms with Crippen LogP contribution in [0.15, 0.2) is 34.7 Å². The van der Waals surface area contributed by atoms with E-state index in [2.05, 4.69) is 5.32 Å². The van der Waals surface area contributed by atoms with Gasteiger partial charge in [0.15, 0.2) is 5.22 Å². The summed E-state index contributed by atoms with van der Waals surface area (Å²) in [6.45, 7) is 4.29. The molecule has 0 amide bonds. The number of hydrogen-bond acceptors (Lipinski definition) is 2. The first-order valence-electron chi connectivity index (χ1n) is 5.80. The molecule has 1 N–H and O–H groups in total. The molecule has 0 spiro atoms. The van der Waals surface area contributed by atoms with E-state index in [-0.39, 0.29) is 11.9 Å². The molecule has 0 saturated heterocycles. The van der Waals surface area contributed by atoms with Crippen LogP contribution >= 0.6 is 11.6 Å². The lowest BCUT2D eigenvalue weighted by Gasteiger charge is -2.13. The number of hydrogen-bond donors (Lipinski definition) is 1. The van der Waals surface area contributed by atoms with Crippen LogP contribution < -0.4 is 5.32 Å². The molecule has 1 atom stereocenters. The summed E-state index contributed by atoms with van der Waals surface area (Å²) < 4.78 is 18.7. The fourth-order valence-corrected chi connectivity index (χ4v) is 1.86. The molecule has 2 nitrogen and oxygen atoms in total. The van der Waals surface area contributed by atoms with E-state index in [1.165, 1.54) is 0 Å². The highest BCUT2D eigenvalue weighted by atomic mass is 35.5. The van der Waals surface area contributed by atoms with Crippen LogP contribution in [0.4, 0.5) is 4.39 Å². The Hall–Kier alpha value is -1.32. The first-order chi connectivity index (χ1) is 8.56. The quantitative estimate of drug-likeness (QED) is 0.897. The highest BCUT2D eigenvalue weighted by Crippen LogP contribution is 2.18. The van der Waals surface area contributed by atoms with Crippen LogP contribution in [0.5, 0.6) is 0 Å². The van der Waals surface area contributed by atoms with Crippen molar-refractivity contribution >= 4 is 11.6 Å². The van der Waals surface area contributed by atoms with Crippen LogP contribution in [0.25, 0.3) is 0 Å². The molecule has 0 bridgehead atoms. The second kappa shape index (κ2) is 5.55. The van der Waals surface area contributed by atoms with Crippen molar-refractivity contribution in [3.63, 3.8) is 0 Å². The molecule has 96 valence electrons. The molecule has 0 radical (unpaired) electrons. The van der Waals surface area contributed by atoms with Gasteiger partial charge in [-0.1, -0.05) is 12.1 Å². The third kappa shape index (κ3) is 3.12. The van der Waals surface area contributed by atoms with Crippen molar-refractivity contribution in [3.8, 4) is 0 Å². The Bertz CT molecular complexity index is 538. The van der Waals surface area contributed by atoms with Gasteiger partial charge in [-0.05, 0) is 54.8 Å². The number of furan rings is 1. The fraction of sp³-hybridized carbons (Fsp3) is 0.286. The monoisotopic (exact) mass is 267 g/mol. The summed E-state index contributed by atoms with van der Waals surface area (Å²) in [7, 11) is 0. The molecule has 2 aromatic rings. The predicted octanol–water partition coefficient (Wildman–Crippen LogP) is 4.23. The molecule has 0 aliphatic rings. The lowest BCUT2D eigenvalue weighted by molar-refractivity contribution is 0.461. The number of rotatable bonds is 4. The molecule has 1 heterocycles. The zero-order valence-corrected chi connectivity index (χ0v) is 11.1. The van der Waals surface area contributed by atoms with Crippen molar-refractivity contribution < 1.29 is 8.81 Å². The van der Waals surface area contributed by atoms with E-state index in [0.29, 0.717) is 17.3 Å². The fourth-order valence-electron chi connectivity index (χ4n) is 1.70. The molecule has 2 rings (SSSR count). The minimum absolute atomic E-state index is 0.0453. The topological polar surface area (TPSA) is 25.2 Å². The normalized spacial score (nSPS) is 12.7. The SMILES string of the molecule is Cc1ccc(C(C)NCc2ccc(Cl)o2)cc1F. The average molecular weight is 268 g/mol. The molecule has 1 aromatic heterocycles. The van der Waals surface area contributed by atoms with Crippen molar-refractivity contribution in [1.82, 2.24) is 5.32 Å². The summed E-state index contributed by atoms with van der Waals surface area (Å²) in [6, 6.07) is 8.83. The second-order valence-electron chi connectivity index (χ2n) is 4.32. The van der Waals surface area contributed by atoms with Crippen LogP contribution in [0.1, 0.15) is 29.9 Å². The Kier molecular flexibility index (Phi) is 4.04. The van der Waals surface area contributed by atoms with Gasteiger partial charge >= 0.3 is 0 Å². The third-order valence-electron chi connectivity index (χ3n) is 2.91. The first kappa shape index (κ1) is 13.1. The van der Waals surface area contributed by atoms with Gasteiger partial charge in [0, 0.05) is 6.04 Å². The lowest BCUT2D eigenvalue weighted by Crippen LogP contribution is -2.17. The molecule has 0 fully saturated rings. The summed E-state index contributed by atoms with van der Waals surface area (Å²) in [6.07, 6.45) is 0. The van der Waals surface area contributed by atoms with Gasteiger partial charge in [0.25, 0.3) is 0 Å². The maximum atomic E-state index is 13.4. The van der Waals surface area contributed by atoms with E-state index in [1.54, 1.807) is 25.1 Å². The van der Waals surface area contributed by atoms with Crippen molar-refractivity contribution in [2.75, 3.05) is 0 Å². The molecule has 18 heavy (non-hydrogen) atoms. The highest BCUT2D eigenvalue weighted by molar-refractivity contribution is 6.28. The Morgan fingerprint density at radius 1 is 1.33 bits per heavy atom. The summed E-state index contributed by atoms with van der Waals surface area (Å²) in [4.78, 5) is 0. The Morgan fingerprint density at radius 2 is 2.11 bits per heavy atom. The molecule has 1 aromatic carbocycles. The van der Waals surface area contributed by atoms with Crippen molar-refractivity contribution in [1.29, 1.82) is 0 Å². The zero-order chi connectivity index (χ0) is 13.1. The molecule has 0 aliphatic heterocycles. The Morgan fingerprint density at radius 3 is 2.72 bits per heavy atom. The van der Waals surface area contributed by atoms with Gasteiger partial charge in [-0.3, -0.25) is 0 Å². The third-order valence-corrected chi connectivity index (χ3v) is 3.11. The summed E-state index contributed by atoms with van der Waals surface area (Å²) in [5, 5.41) is 3.63. The van der Waals surface area contributed by atoms with E-state index < -0.39 is 0 Å². The second-order valence-corrected chi connectivity index (χ2v) is 4.69. The van der Waals surface area contributed by atoms with Gasteiger partial charge in [0.2, 0.25) is 0 Å². The smallest absolute Gasteiger partial charge is 0.193 e. The molecular weight excluding hydrogens is 253 g/mol. The van der Waals surface area contributed by atoms with E-state index in [1.807, 2.05) is 19.1 Å². The highest BCUT2D eigenvalue weighted by Gasteiger charge is 2.08.